The fraction of sp³-hybridized carbons (Fsp3) is 0. The molecule has 0 N–H and O–H groups in total. The van der Waals surface area contributed by atoms with Gasteiger partial charge in [0.05, 0.1) is 11.0 Å². The normalized spacial score (nSPS) is 11.7. The molecule has 0 aliphatic carbocycles. The van der Waals surface area contributed by atoms with Gasteiger partial charge in [-0.3, -0.25) is 4.57 Å². The van der Waals surface area contributed by atoms with Crippen molar-refractivity contribution in [1.82, 2.24) is 19.5 Å². The van der Waals surface area contributed by atoms with Crippen LogP contribution in [0.2, 0.25) is 0 Å². The molecule has 0 saturated heterocycles. The highest BCUT2D eigenvalue weighted by Gasteiger charge is 2.22. The smallest absolute Gasteiger partial charge is 0.238 e. The van der Waals surface area contributed by atoms with E-state index < -0.39 is 0 Å². The first-order chi connectivity index (χ1) is 26.8. The number of hydrogen-bond acceptors (Lipinski definition) is 4. The van der Waals surface area contributed by atoms with Gasteiger partial charge in [-0.25, -0.2) is 4.98 Å². The van der Waals surface area contributed by atoms with Crippen molar-refractivity contribution in [1.29, 1.82) is 0 Å². The van der Waals surface area contributed by atoms with E-state index in [-0.39, 0.29) is 0 Å². The molecule has 0 aliphatic heterocycles. The maximum absolute atomic E-state index is 5.34. The highest BCUT2D eigenvalue weighted by Crippen LogP contribution is 2.43. The minimum atomic E-state index is 0.581. The summed E-state index contributed by atoms with van der Waals surface area (Å²) >= 11 is 1.84. The van der Waals surface area contributed by atoms with E-state index in [2.05, 4.69) is 162 Å². The fourth-order valence-corrected chi connectivity index (χ4v) is 9.05. The van der Waals surface area contributed by atoms with Crippen LogP contribution in [0.15, 0.2) is 182 Å². The lowest BCUT2D eigenvalue weighted by Gasteiger charge is -2.14. The second kappa shape index (κ2) is 12.3. The van der Waals surface area contributed by atoms with Gasteiger partial charge in [-0.2, -0.15) is 9.97 Å². The van der Waals surface area contributed by atoms with Crippen molar-refractivity contribution in [2.45, 2.75) is 0 Å². The lowest BCUT2D eigenvalue weighted by atomic mass is 10.00. The van der Waals surface area contributed by atoms with Crippen LogP contribution in [0, 0.1) is 0 Å². The molecule has 54 heavy (non-hydrogen) atoms. The molecule has 0 atom stereocenters. The number of fused-ring (bicyclic) bond motifs is 8. The van der Waals surface area contributed by atoms with Gasteiger partial charge in [0.1, 0.15) is 0 Å². The van der Waals surface area contributed by atoms with Crippen molar-refractivity contribution < 1.29 is 0 Å². The molecule has 0 amide bonds. The highest BCUT2D eigenvalue weighted by molar-refractivity contribution is 7.25. The van der Waals surface area contributed by atoms with Crippen LogP contribution in [0.4, 0.5) is 0 Å². The molecule has 0 saturated carbocycles. The van der Waals surface area contributed by atoms with Crippen LogP contribution in [0.3, 0.4) is 0 Å². The molecule has 5 heteroatoms. The average Bonchev–Trinajstić information content (AvgIpc) is 3.80. The minimum absolute atomic E-state index is 0.581. The maximum atomic E-state index is 5.34. The summed E-state index contributed by atoms with van der Waals surface area (Å²) in [5, 5.41) is 7.20. The largest absolute Gasteiger partial charge is 0.277 e. The maximum Gasteiger partial charge on any atom is 0.238 e. The summed E-state index contributed by atoms with van der Waals surface area (Å²) in [7, 11) is 0. The van der Waals surface area contributed by atoms with E-state index >= 15 is 0 Å². The number of benzene rings is 8. The van der Waals surface area contributed by atoms with Crippen molar-refractivity contribution in [3.05, 3.63) is 182 Å². The van der Waals surface area contributed by atoms with Gasteiger partial charge in [-0.05, 0) is 34.2 Å². The molecule has 252 valence electrons. The SMILES string of the molecule is c1ccc(-c2ccc(-c3nc(-c4ccccc4)nc(-n4c5c(-c6ccc7c(c6)sc6ccccc67)cccc5c5ccc6ccccc6c54)n3)cc2)cc1. The first-order valence-electron chi connectivity index (χ1n) is 18.1. The Morgan fingerprint density at radius 1 is 0.352 bits per heavy atom. The molecule has 0 bridgehead atoms. The Kier molecular flexibility index (Phi) is 7.00. The Bertz CT molecular complexity index is 3200. The number of rotatable bonds is 5. The Morgan fingerprint density at radius 2 is 0.907 bits per heavy atom. The zero-order chi connectivity index (χ0) is 35.6. The molecular weight excluding hydrogens is 677 g/mol. The molecule has 0 fully saturated rings. The Hall–Kier alpha value is -6.95. The first kappa shape index (κ1) is 30.7. The molecule has 3 aromatic heterocycles. The predicted molar refractivity (Wildman–Crippen MR) is 226 cm³/mol. The van der Waals surface area contributed by atoms with Gasteiger partial charge < -0.3 is 0 Å². The minimum Gasteiger partial charge on any atom is -0.277 e. The second-order valence-corrected chi connectivity index (χ2v) is 14.7. The molecule has 11 aromatic rings. The number of hydrogen-bond donors (Lipinski definition) is 0. The van der Waals surface area contributed by atoms with Crippen LogP contribution in [-0.4, -0.2) is 19.5 Å². The lowest BCUT2D eigenvalue weighted by Crippen LogP contribution is -2.07. The van der Waals surface area contributed by atoms with E-state index in [1.165, 1.54) is 25.7 Å². The molecule has 0 unspecified atom stereocenters. The number of nitrogens with zero attached hydrogens (tertiary/aromatic N) is 4. The zero-order valence-corrected chi connectivity index (χ0v) is 29.8. The number of aromatic nitrogens is 4. The van der Waals surface area contributed by atoms with Gasteiger partial charge >= 0.3 is 0 Å². The predicted octanol–water partition coefficient (Wildman–Crippen LogP) is 13.2. The molecular formula is C49H30N4S. The van der Waals surface area contributed by atoms with E-state index in [1.807, 2.05) is 35.6 Å². The summed E-state index contributed by atoms with van der Waals surface area (Å²) in [4.78, 5) is 15.7. The fourth-order valence-electron chi connectivity index (χ4n) is 7.91. The summed E-state index contributed by atoms with van der Waals surface area (Å²) in [6.07, 6.45) is 0. The lowest BCUT2D eigenvalue weighted by molar-refractivity contribution is 0.955. The van der Waals surface area contributed by atoms with Crippen molar-refractivity contribution in [2.75, 3.05) is 0 Å². The summed E-state index contributed by atoms with van der Waals surface area (Å²) < 4.78 is 4.85. The molecule has 3 heterocycles. The third-order valence-electron chi connectivity index (χ3n) is 10.5. The van der Waals surface area contributed by atoms with E-state index in [4.69, 9.17) is 15.0 Å². The summed E-state index contributed by atoms with van der Waals surface area (Å²) in [5.74, 6) is 1.83. The van der Waals surface area contributed by atoms with Crippen LogP contribution >= 0.6 is 11.3 Å². The number of para-hydroxylation sites is 1. The van der Waals surface area contributed by atoms with Gasteiger partial charge in [0.25, 0.3) is 0 Å². The second-order valence-electron chi connectivity index (χ2n) is 13.6. The molecule has 4 nitrogen and oxygen atoms in total. The van der Waals surface area contributed by atoms with Gasteiger partial charge in [0.15, 0.2) is 11.6 Å². The van der Waals surface area contributed by atoms with Crippen LogP contribution in [-0.2, 0) is 0 Å². The molecule has 0 aliphatic rings. The Balaban J connectivity index is 1.21. The highest BCUT2D eigenvalue weighted by atomic mass is 32.1. The van der Waals surface area contributed by atoms with Gasteiger partial charge in [0.2, 0.25) is 5.95 Å². The van der Waals surface area contributed by atoms with E-state index in [0.29, 0.717) is 17.6 Å². The van der Waals surface area contributed by atoms with Gasteiger partial charge in [-0.15, -0.1) is 11.3 Å². The third kappa shape index (κ3) is 4.94. The van der Waals surface area contributed by atoms with Crippen molar-refractivity contribution in [2.24, 2.45) is 0 Å². The van der Waals surface area contributed by atoms with Crippen LogP contribution in [0.25, 0.3) is 104 Å². The van der Waals surface area contributed by atoms with Crippen LogP contribution in [0.5, 0.6) is 0 Å². The topological polar surface area (TPSA) is 43.6 Å². The molecule has 11 rings (SSSR count). The zero-order valence-electron chi connectivity index (χ0n) is 29.0. The summed E-state index contributed by atoms with van der Waals surface area (Å²) in [5.41, 5.74) is 8.61. The van der Waals surface area contributed by atoms with E-state index in [1.54, 1.807) is 0 Å². The Labute approximate surface area is 315 Å². The number of thiophene rings is 1. The Morgan fingerprint density at radius 3 is 1.70 bits per heavy atom. The van der Waals surface area contributed by atoms with Crippen LogP contribution < -0.4 is 0 Å². The standard InChI is InChI=1S/C49H30N4S/c1-3-12-31(13-4-1)32-22-24-35(25-23-32)48-50-47(34-15-5-2-6-16-34)51-49(52-48)53-45-37-17-8-7-14-33(37)26-29-42(45)41-20-11-19-38(46(41)53)36-27-28-40-39-18-9-10-21-43(39)54-44(40)30-36/h1-30H. The van der Waals surface area contributed by atoms with Crippen LogP contribution in [0.1, 0.15) is 0 Å². The van der Waals surface area contributed by atoms with E-state index in [9.17, 15) is 0 Å². The average molecular weight is 707 g/mol. The van der Waals surface area contributed by atoms with Gasteiger partial charge in [-0.1, -0.05) is 170 Å². The van der Waals surface area contributed by atoms with E-state index in [0.717, 1.165) is 60.4 Å². The molecule has 0 spiro atoms. The summed E-state index contributed by atoms with van der Waals surface area (Å²) in [6, 6.07) is 64.4. The van der Waals surface area contributed by atoms with Gasteiger partial charge in [0, 0.05) is 53.0 Å². The third-order valence-corrected chi connectivity index (χ3v) is 11.6. The summed E-state index contributed by atoms with van der Waals surface area (Å²) in [6.45, 7) is 0. The molecule has 0 radical (unpaired) electrons. The van der Waals surface area contributed by atoms with Crippen molar-refractivity contribution >= 4 is 64.1 Å². The quantitative estimate of drug-likeness (QED) is 0.179. The van der Waals surface area contributed by atoms with Crippen molar-refractivity contribution in [3.8, 4) is 51.0 Å². The molecule has 8 aromatic carbocycles. The van der Waals surface area contributed by atoms with Crippen molar-refractivity contribution in [3.63, 3.8) is 0 Å². The monoisotopic (exact) mass is 706 g/mol. The first-order valence-corrected chi connectivity index (χ1v) is 18.9.